The van der Waals surface area contributed by atoms with E-state index in [9.17, 15) is 4.79 Å². The van der Waals surface area contributed by atoms with Crippen LogP contribution in [0, 0.1) is 0 Å². The van der Waals surface area contributed by atoms with Gasteiger partial charge in [0, 0.05) is 6.42 Å². The molecule has 1 fully saturated rings. The molecule has 130 valence electrons. The van der Waals surface area contributed by atoms with Crippen LogP contribution in [-0.2, 0) is 9.53 Å². The zero-order valence-electron chi connectivity index (χ0n) is 14.5. The van der Waals surface area contributed by atoms with Crippen molar-refractivity contribution >= 4 is 5.97 Å². The molecule has 0 saturated carbocycles. The number of rotatable bonds is 14. The SMILES string of the molecule is CCCCC/C=C\C/C=C\CC1OC1C/C=C\CCCC(=O)O. The first-order valence-electron chi connectivity index (χ1n) is 9.06. The van der Waals surface area contributed by atoms with Gasteiger partial charge in [-0.3, -0.25) is 4.79 Å². The first-order valence-corrected chi connectivity index (χ1v) is 9.06. The molecule has 23 heavy (non-hydrogen) atoms. The highest BCUT2D eigenvalue weighted by atomic mass is 16.6. The van der Waals surface area contributed by atoms with Gasteiger partial charge in [0.1, 0.15) is 0 Å². The van der Waals surface area contributed by atoms with Crippen molar-refractivity contribution < 1.29 is 14.6 Å². The van der Waals surface area contributed by atoms with E-state index in [1.165, 1.54) is 25.7 Å². The van der Waals surface area contributed by atoms with Crippen molar-refractivity contribution in [2.45, 2.75) is 83.3 Å². The number of carboxylic acid groups (broad SMARTS) is 1. The maximum Gasteiger partial charge on any atom is 0.303 e. The highest BCUT2D eigenvalue weighted by molar-refractivity contribution is 5.66. The molecule has 2 unspecified atom stereocenters. The fourth-order valence-corrected chi connectivity index (χ4v) is 2.44. The molecule has 0 amide bonds. The highest BCUT2D eigenvalue weighted by Crippen LogP contribution is 2.29. The van der Waals surface area contributed by atoms with Crippen LogP contribution in [0.2, 0.25) is 0 Å². The third-order valence-corrected chi connectivity index (χ3v) is 3.93. The van der Waals surface area contributed by atoms with E-state index in [4.69, 9.17) is 9.84 Å². The number of carbonyl (C=O) groups is 1. The number of unbranched alkanes of at least 4 members (excludes halogenated alkanes) is 4. The molecule has 2 atom stereocenters. The Morgan fingerprint density at radius 2 is 1.52 bits per heavy atom. The molecule has 3 heteroatoms. The van der Waals surface area contributed by atoms with Gasteiger partial charge in [-0.15, -0.1) is 0 Å². The van der Waals surface area contributed by atoms with E-state index in [0.29, 0.717) is 12.2 Å². The van der Waals surface area contributed by atoms with E-state index in [-0.39, 0.29) is 6.42 Å². The summed E-state index contributed by atoms with van der Waals surface area (Å²) in [6, 6.07) is 0. The zero-order chi connectivity index (χ0) is 16.8. The summed E-state index contributed by atoms with van der Waals surface area (Å²) in [6.45, 7) is 2.23. The van der Waals surface area contributed by atoms with Crippen molar-refractivity contribution in [1.29, 1.82) is 0 Å². The van der Waals surface area contributed by atoms with Crippen LogP contribution in [0.15, 0.2) is 36.5 Å². The minimum atomic E-state index is -0.716. The lowest BCUT2D eigenvalue weighted by Crippen LogP contribution is -1.93. The van der Waals surface area contributed by atoms with E-state index in [1.54, 1.807) is 0 Å². The van der Waals surface area contributed by atoms with Crippen molar-refractivity contribution in [2.24, 2.45) is 0 Å². The van der Waals surface area contributed by atoms with Crippen molar-refractivity contribution in [3.8, 4) is 0 Å². The highest BCUT2D eigenvalue weighted by Gasteiger charge is 2.35. The molecule has 0 radical (unpaired) electrons. The largest absolute Gasteiger partial charge is 0.481 e. The standard InChI is InChI=1S/C20H32O3/c1-2-3-4-5-6-7-8-9-12-15-18-19(23-18)16-13-10-11-14-17-20(21)22/h6-7,9-10,12-13,18-19H,2-5,8,11,14-17H2,1H3,(H,21,22)/b7-6-,12-9-,13-10-. The molecule has 0 aromatic heterocycles. The van der Waals surface area contributed by atoms with Crippen LogP contribution in [0.1, 0.15) is 71.1 Å². The Hall–Kier alpha value is -1.35. The van der Waals surface area contributed by atoms with Gasteiger partial charge in [-0.25, -0.2) is 0 Å². The molecular formula is C20H32O3. The maximum atomic E-state index is 10.4. The lowest BCUT2D eigenvalue weighted by Gasteiger charge is -1.91. The fourth-order valence-electron chi connectivity index (χ4n) is 2.44. The average molecular weight is 320 g/mol. The Labute approximate surface area is 141 Å². The van der Waals surface area contributed by atoms with Crippen LogP contribution in [0.3, 0.4) is 0 Å². The second-order valence-electron chi connectivity index (χ2n) is 6.12. The number of ether oxygens (including phenoxy) is 1. The quantitative estimate of drug-likeness (QED) is 0.264. The monoisotopic (exact) mass is 320 g/mol. The van der Waals surface area contributed by atoms with Crippen LogP contribution < -0.4 is 0 Å². The van der Waals surface area contributed by atoms with Crippen LogP contribution in [0.25, 0.3) is 0 Å². The van der Waals surface area contributed by atoms with Crippen LogP contribution in [-0.4, -0.2) is 23.3 Å². The van der Waals surface area contributed by atoms with E-state index in [1.807, 2.05) is 0 Å². The molecule has 1 saturated heterocycles. The predicted octanol–water partition coefficient (Wildman–Crippen LogP) is 5.43. The van der Waals surface area contributed by atoms with Crippen LogP contribution in [0.5, 0.6) is 0 Å². The summed E-state index contributed by atoms with van der Waals surface area (Å²) < 4.78 is 5.62. The van der Waals surface area contributed by atoms with Crippen LogP contribution in [0.4, 0.5) is 0 Å². The van der Waals surface area contributed by atoms with Gasteiger partial charge in [0.15, 0.2) is 0 Å². The molecular weight excluding hydrogens is 288 g/mol. The Kier molecular flexibility index (Phi) is 11.2. The molecule has 1 N–H and O–H groups in total. The lowest BCUT2D eigenvalue weighted by molar-refractivity contribution is -0.137. The van der Waals surface area contributed by atoms with Gasteiger partial charge in [-0.1, -0.05) is 56.2 Å². The summed E-state index contributed by atoms with van der Waals surface area (Å²) in [7, 11) is 0. The molecule has 1 aliphatic heterocycles. The van der Waals surface area contributed by atoms with E-state index in [2.05, 4.69) is 43.4 Å². The molecule has 3 nitrogen and oxygen atoms in total. The number of hydrogen-bond acceptors (Lipinski definition) is 2. The Morgan fingerprint density at radius 1 is 0.913 bits per heavy atom. The van der Waals surface area contributed by atoms with E-state index >= 15 is 0 Å². The average Bonchev–Trinajstić information content (AvgIpc) is 3.27. The van der Waals surface area contributed by atoms with Gasteiger partial charge in [0.05, 0.1) is 12.2 Å². The van der Waals surface area contributed by atoms with E-state index in [0.717, 1.165) is 32.1 Å². The number of allylic oxidation sites excluding steroid dienone is 4. The molecule has 1 aliphatic rings. The summed E-state index contributed by atoms with van der Waals surface area (Å²) in [6.07, 6.45) is 23.8. The summed E-state index contributed by atoms with van der Waals surface area (Å²) in [4.78, 5) is 10.4. The van der Waals surface area contributed by atoms with Gasteiger partial charge in [0.25, 0.3) is 0 Å². The first-order chi connectivity index (χ1) is 11.2. The summed E-state index contributed by atoms with van der Waals surface area (Å²) >= 11 is 0. The molecule has 0 spiro atoms. The number of carboxylic acids is 1. The Balaban J connectivity index is 1.93. The molecule has 0 aromatic carbocycles. The maximum absolute atomic E-state index is 10.4. The predicted molar refractivity (Wildman–Crippen MR) is 95.6 cm³/mol. The summed E-state index contributed by atoms with van der Waals surface area (Å²) in [5, 5.41) is 8.53. The van der Waals surface area contributed by atoms with Crippen molar-refractivity contribution in [3.05, 3.63) is 36.5 Å². The third-order valence-electron chi connectivity index (χ3n) is 3.93. The molecule has 1 rings (SSSR count). The number of epoxide rings is 1. The second kappa shape index (κ2) is 13.1. The summed E-state index contributed by atoms with van der Waals surface area (Å²) in [5.41, 5.74) is 0. The van der Waals surface area contributed by atoms with E-state index < -0.39 is 5.97 Å². The normalized spacial score (nSPS) is 20.9. The zero-order valence-corrected chi connectivity index (χ0v) is 14.5. The molecule has 0 aliphatic carbocycles. The van der Waals surface area contributed by atoms with Gasteiger partial charge in [0.2, 0.25) is 0 Å². The molecule has 0 bridgehead atoms. The third kappa shape index (κ3) is 11.8. The minimum Gasteiger partial charge on any atom is -0.481 e. The first kappa shape index (κ1) is 19.7. The van der Waals surface area contributed by atoms with Gasteiger partial charge in [-0.05, 0) is 44.9 Å². The van der Waals surface area contributed by atoms with Crippen molar-refractivity contribution in [2.75, 3.05) is 0 Å². The smallest absolute Gasteiger partial charge is 0.303 e. The minimum absolute atomic E-state index is 0.255. The summed E-state index contributed by atoms with van der Waals surface area (Å²) in [5.74, 6) is -0.716. The second-order valence-corrected chi connectivity index (χ2v) is 6.12. The van der Waals surface area contributed by atoms with Crippen LogP contribution >= 0.6 is 0 Å². The molecule has 0 aromatic rings. The topological polar surface area (TPSA) is 49.8 Å². The Morgan fingerprint density at radius 3 is 2.22 bits per heavy atom. The van der Waals surface area contributed by atoms with Gasteiger partial charge >= 0.3 is 5.97 Å². The fraction of sp³-hybridized carbons (Fsp3) is 0.650. The van der Waals surface area contributed by atoms with Crippen molar-refractivity contribution in [1.82, 2.24) is 0 Å². The lowest BCUT2D eigenvalue weighted by atomic mass is 10.1. The van der Waals surface area contributed by atoms with Crippen molar-refractivity contribution in [3.63, 3.8) is 0 Å². The Bertz CT molecular complexity index is 396. The van der Waals surface area contributed by atoms with Gasteiger partial charge < -0.3 is 9.84 Å². The molecule has 1 heterocycles. The number of hydrogen-bond donors (Lipinski definition) is 1. The van der Waals surface area contributed by atoms with Gasteiger partial charge in [-0.2, -0.15) is 0 Å². The number of aliphatic carboxylic acids is 1.